The highest BCUT2D eigenvalue weighted by Crippen LogP contribution is 2.24. The molecule has 1 N–H and O–H groups in total. The van der Waals surface area contributed by atoms with Crippen LogP contribution in [0.2, 0.25) is 0 Å². The zero-order chi connectivity index (χ0) is 19.9. The summed E-state index contributed by atoms with van der Waals surface area (Å²) < 4.78 is 10.2. The summed E-state index contributed by atoms with van der Waals surface area (Å²) >= 11 is 0. The average molecular weight is 377 g/mol. The van der Waals surface area contributed by atoms with Crippen LogP contribution in [0.5, 0.6) is 5.75 Å². The van der Waals surface area contributed by atoms with E-state index in [4.69, 9.17) is 9.47 Å². The molecule has 3 aromatic carbocycles. The maximum Gasteiger partial charge on any atom is 0.310 e. The highest BCUT2D eigenvalue weighted by atomic mass is 16.5. The van der Waals surface area contributed by atoms with Crippen molar-refractivity contribution in [2.24, 2.45) is 0 Å². The molecule has 28 heavy (non-hydrogen) atoms. The number of methoxy groups -OCH3 is 1. The van der Waals surface area contributed by atoms with Gasteiger partial charge in [0, 0.05) is 0 Å². The Labute approximate surface area is 164 Å². The summed E-state index contributed by atoms with van der Waals surface area (Å²) in [4.78, 5) is 24.2. The van der Waals surface area contributed by atoms with Crippen molar-refractivity contribution in [1.82, 2.24) is 5.32 Å². The van der Waals surface area contributed by atoms with Crippen LogP contribution >= 0.6 is 0 Å². The van der Waals surface area contributed by atoms with E-state index in [-0.39, 0.29) is 25.0 Å². The van der Waals surface area contributed by atoms with Gasteiger partial charge in [-0.2, -0.15) is 0 Å². The van der Waals surface area contributed by atoms with Crippen LogP contribution in [0.25, 0.3) is 10.8 Å². The minimum absolute atomic E-state index is 0.0867. The van der Waals surface area contributed by atoms with Gasteiger partial charge < -0.3 is 14.8 Å². The first-order valence-corrected chi connectivity index (χ1v) is 9.12. The molecule has 3 aromatic rings. The molecule has 0 aliphatic carbocycles. The molecule has 3 rings (SSSR count). The zero-order valence-corrected chi connectivity index (χ0v) is 16.0. The number of carbonyl (C=O) groups is 2. The molecule has 0 aromatic heterocycles. The third-order valence-electron chi connectivity index (χ3n) is 4.51. The predicted molar refractivity (Wildman–Crippen MR) is 108 cm³/mol. The Balaban J connectivity index is 1.54. The molecule has 0 aliphatic heterocycles. The van der Waals surface area contributed by atoms with Gasteiger partial charge in [0.15, 0.2) is 6.61 Å². The fraction of sp³-hybridized carbons (Fsp3) is 0.217. The summed E-state index contributed by atoms with van der Waals surface area (Å²) in [6.07, 6.45) is 0.0867. The number of benzene rings is 3. The van der Waals surface area contributed by atoms with Gasteiger partial charge in [0.2, 0.25) is 0 Å². The predicted octanol–water partition coefficient (Wildman–Crippen LogP) is 3.81. The van der Waals surface area contributed by atoms with E-state index in [1.165, 1.54) is 0 Å². The lowest BCUT2D eigenvalue weighted by molar-refractivity contribution is -0.148. The summed E-state index contributed by atoms with van der Waals surface area (Å²) in [5.41, 5.74) is 1.79. The molecule has 5 nitrogen and oxygen atoms in total. The summed E-state index contributed by atoms with van der Waals surface area (Å²) in [5.74, 6) is -0.118. The maximum absolute atomic E-state index is 12.2. The Hall–Kier alpha value is -3.34. The van der Waals surface area contributed by atoms with Crippen LogP contribution < -0.4 is 10.1 Å². The van der Waals surface area contributed by atoms with Gasteiger partial charge in [-0.25, -0.2) is 0 Å². The number of ether oxygens (including phenoxy) is 2. The topological polar surface area (TPSA) is 64.6 Å². The summed E-state index contributed by atoms with van der Waals surface area (Å²) in [5, 5.41) is 5.10. The molecule has 144 valence electrons. The molecule has 0 radical (unpaired) electrons. The monoisotopic (exact) mass is 377 g/mol. The summed E-state index contributed by atoms with van der Waals surface area (Å²) in [7, 11) is 1.57. The number of hydrogen-bond donors (Lipinski definition) is 1. The second-order valence-electron chi connectivity index (χ2n) is 6.55. The van der Waals surface area contributed by atoms with Gasteiger partial charge in [-0.15, -0.1) is 0 Å². The van der Waals surface area contributed by atoms with Crippen LogP contribution in [0, 0.1) is 0 Å². The van der Waals surface area contributed by atoms with Gasteiger partial charge in [-0.1, -0.05) is 54.6 Å². The first kappa shape index (κ1) is 19.4. The van der Waals surface area contributed by atoms with Crippen molar-refractivity contribution >= 4 is 22.6 Å². The molecule has 0 spiro atoms. The lowest BCUT2D eigenvalue weighted by atomic mass is 10.00. The van der Waals surface area contributed by atoms with Crippen molar-refractivity contribution in [1.29, 1.82) is 0 Å². The molecule has 1 atom stereocenters. The van der Waals surface area contributed by atoms with Gasteiger partial charge >= 0.3 is 5.97 Å². The summed E-state index contributed by atoms with van der Waals surface area (Å²) in [6, 6.07) is 21.0. The number of hydrogen-bond acceptors (Lipinski definition) is 4. The molecule has 0 saturated carbocycles. The van der Waals surface area contributed by atoms with E-state index in [0.29, 0.717) is 5.75 Å². The van der Waals surface area contributed by atoms with Crippen molar-refractivity contribution in [2.45, 2.75) is 19.4 Å². The van der Waals surface area contributed by atoms with E-state index in [1.807, 2.05) is 55.5 Å². The first-order chi connectivity index (χ1) is 13.6. The molecule has 0 aliphatic rings. The van der Waals surface area contributed by atoms with Crippen molar-refractivity contribution in [3.63, 3.8) is 0 Å². The molecule has 0 saturated heterocycles. The Bertz CT molecular complexity index is 978. The van der Waals surface area contributed by atoms with Gasteiger partial charge in [0.1, 0.15) is 5.75 Å². The van der Waals surface area contributed by atoms with Crippen molar-refractivity contribution in [3.05, 3.63) is 77.9 Å². The van der Waals surface area contributed by atoms with E-state index in [0.717, 1.165) is 21.9 Å². The quantitative estimate of drug-likeness (QED) is 0.636. The molecular weight excluding hydrogens is 354 g/mol. The van der Waals surface area contributed by atoms with Crippen molar-refractivity contribution in [3.8, 4) is 5.75 Å². The molecule has 1 amide bonds. The first-order valence-electron chi connectivity index (χ1n) is 9.12. The standard InChI is InChI=1S/C23H23NO4/c1-16(20-12-6-9-18-8-3-4-11-21(18)20)24-22(25)15-28-23(26)14-17-7-5-10-19(13-17)27-2/h3-13,16H,14-15H2,1-2H3,(H,24,25)/t16-/m1/s1. The Morgan fingerprint density at radius 3 is 2.57 bits per heavy atom. The zero-order valence-electron chi connectivity index (χ0n) is 16.0. The third-order valence-corrected chi connectivity index (χ3v) is 4.51. The van der Waals surface area contributed by atoms with Crippen LogP contribution in [-0.2, 0) is 20.7 Å². The van der Waals surface area contributed by atoms with Crippen molar-refractivity contribution in [2.75, 3.05) is 13.7 Å². The van der Waals surface area contributed by atoms with Crippen molar-refractivity contribution < 1.29 is 19.1 Å². The fourth-order valence-electron chi connectivity index (χ4n) is 3.14. The lowest BCUT2D eigenvalue weighted by Gasteiger charge is -2.16. The van der Waals surface area contributed by atoms with Crippen LogP contribution in [0.3, 0.4) is 0 Å². The minimum atomic E-state index is -0.457. The Kier molecular flexibility index (Phi) is 6.27. The molecular formula is C23H23NO4. The minimum Gasteiger partial charge on any atom is -0.497 e. The lowest BCUT2D eigenvalue weighted by Crippen LogP contribution is -2.31. The molecule has 5 heteroatoms. The second-order valence-corrected chi connectivity index (χ2v) is 6.55. The molecule has 0 unspecified atom stereocenters. The number of esters is 1. The summed E-state index contributed by atoms with van der Waals surface area (Å²) in [6.45, 7) is 1.61. The third kappa shape index (κ3) is 4.88. The maximum atomic E-state index is 12.2. The fourth-order valence-corrected chi connectivity index (χ4v) is 3.14. The molecule has 0 bridgehead atoms. The number of carbonyl (C=O) groups excluding carboxylic acids is 2. The van der Waals surface area contributed by atoms with Gasteiger partial charge in [-0.3, -0.25) is 9.59 Å². The largest absolute Gasteiger partial charge is 0.497 e. The second kappa shape index (κ2) is 9.04. The molecule has 0 fully saturated rings. The van der Waals surface area contributed by atoms with Gasteiger partial charge in [0.25, 0.3) is 5.91 Å². The smallest absolute Gasteiger partial charge is 0.310 e. The average Bonchev–Trinajstić information content (AvgIpc) is 2.72. The molecule has 0 heterocycles. The number of fused-ring (bicyclic) bond motifs is 1. The van der Waals surface area contributed by atoms with Crippen LogP contribution in [0.15, 0.2) is 66.7 Å². The Morgan fingerprint density at radius 1 is 1.00 bits per heavy atom. The highest BCUT2D eigenvalue weighted by molar-refractivity contribution is 5.87. The SMILES string of the molecule is COc1cccc(CC(=O)OCC(=O)N[C@H](C)c2cccc3ccccc23)c1. The van der Waals surface area contributed by atoms with E-state index < -0.39 is 5.97 Å². The van der Waals surface area contributed by atoms with E-state index in [9.17, 15) is 9.59 Å². The number of nitrogens with one attached hydrogen (secondary N) is 1. The van der Waals surface area contributed by atoms with Gasteiger partial charge in [-0.05, 0) is 41.0 Å². The van der Waals surface area contributed by atoms with Crippen LogP contribution in [0.1, 0.15) is 24.1 Å². The van der Waals surface area contributed by atoms with E-state index in [2.05, 4.69) is 5.32 Å². The van der Waals surface area contributed by atoms with E-state index >= 15 is 0 Å². The normalized spacial score (nSPS) is 11.6. The van der Waals surface area contributed by atoms with Crippen LogP contribution in [0.4, 0.5) is 0 Å². The number of amides is 1. The number of rotatable bonds is 7. The van der Waals surface area contributed by atoms with E-state index in [1.54, 1.807) is 25.3 Å². The highest BCUT2D eigenvalue weighted by Gasteiger charge is 2.14. The van der Waals surface area contributed by atoms with Crippen LogP contribution in [-0.4, -0.2) is 25.6 Å². The Morgan fingerprint density at radius 2 is 1.75 bits per heavy atom. The van der Waals surface area contributed by atoms with Gasteiger partial charge in [0.05, 0.1) is 19.6 Å².